The lowest BCUT2D eigenvalue weighted by atomic mass is 10.2. The number of fused-ring (bicyclic) bond motifs is 1. The number of alkyl halides is 3. The van der Waals surface area contributed by atoms with Crippen LogP contribution in [0, 0.1) is 21.4 Å². The van der Waals surface area contributed by atoms with Crippen molar-refractivity contribution in [3.05, 3.63) is 58.1 Å². The van der Waals surface area contributed by atoms with Gasteiger partial charge >= 0.3 is 6.18 Å². The van der Waals surface area contributed by atoms with E-state index in [2.05, 4.69) is 4.98 Å². The third-order valence-corrected chi connectivity index (χ3v) is 5.48. The predicted octanol–water partition coefficient (Wildman–Crippen LogP) is 4.42. The van der Waals surface area contributed by atoms with Gasteiger partial charge in [0.15, 0.2) is 5.16 Å². The molecule has 0 aliphatic rings. The average Bonchev–Trinajstić information content (AvgIpc) is 3.12. The van der Waals surface area contributed by atoms with Gasteiger partial charge in [0, 0.05) is 31.4 Å². The van der Waals surface area contributed by atoms with Gasteiger partial charge in [0.25, 0.3) is 5.69 Å². The van der Waals surface area contributed by atoms with E-state index < -0.39 is 16.7 Å². The van der Waals surface area contributed by atoms with Crippen LogP contribution in [0.15, 0.2) is 47.6 Å². The van der Waals surface area contributed by atoms with Crippen molar-refractivity contribution >= 4 is 34.4 Å². The minimum atomic E-state index is -4.56. The maximum atomic E-state index is 13.2. The number of nitriles is 1. The third kappa shape index (κ3) is 5.00. The molecule has 8 nitrogen and oxygen atoms in total. The van der Waals surface area contributed by atoms with E-state index in [0.717, 1.165) is 23.9 Å². The zero-order valence-corrected chi connectivity index (χ0v) is 17.5. The largest absolute Gasteiger partial charge is 0.416 e. The lowest BCUT2D eigenvalue weighted by Crippen LogP contribution is -2.29. The number of halogens is 3. The van der Waals surface area contributed by atoms with E-state index >= 15 is 0 Å². The summed E-state index contributed by atoms with van der Waals surface area (Å²) >= 11 is 0.992. The standard InChI is InChI=1S/C20H16F3N5O3S/c1-26(9-3-8-24)18(29)12-32-19-25-16-11-15(28(30)31)6-7-17(16)27(19)14-5-2-4-13(10-14)20(21,22)23/h2,4-7,10-11H,3,9,12H2,1H3. The smallest absolute Gasteiger partial charge is 0.344 e. The topological polar surface area (TPSA) is 105 Å². The molecule has 0 saturated heterocycles. The number of carbonyl (C=O) groups excluding carboxylic acids is 1. The van der Waals surface area contributed by atoms with Crippen molar-refractivity contribution in [3.63, 3.8) is 0 Å². The molecule has 0 spiro atoms. The van der Waals surface area contributed by atoms with E-state index in [9.17, 15) is 28.1 Å². The van der Waals surface area contributed by atoms with Gasteiger partial charge in [-0.15, -0.1) is 0 Å². The number of nitro groups is 1. The number of aromatic nitrogens is 2. The van der Waals surface area contributed by atoms with Crippen LogP contribution >= 0.6 is 11.8 Å². The van der Waals surface area contributed by atoms with Crippen molar-refractivity contribution in [3.8, 4) is 11.8 Å². The fourth-order valence-corrected chi connectivity index (χ4v) is 3.88. The molecular weight excluding hydrogens is 447 g/mol. The number of hydrogen-bond acceptors (Lipinski definition) is 6. The van der Waals surface area contributed by atoms with Gasteiger partial charge < -0.3 is 4.90 Å². The summed E-state index contributed by atoms with van der Waals surface area (Å²) in [5.41, 5.74) is -0.340. The number of imidazole rings is 1. The van der Waals surface area contributed by atoms with Crippen LogP contribution in [0.3, 0.4) is 0 Å². The summed E-state index contributed by atoms with van der Waals surface area (Å²) in [6.45, 7) is 0.242. The molecule has 32 heavy (non-hydrogen) atoms. The van der Waals surface area contributed by atoms with Crippen LogP contribution in [0.5, 0.6) is 0 Å². The molecular formula is C20H16F3N5O3S. The summed E-state index contributed by atoms with van der Waals surface area (Å²) in [4.78, 5) is 28.6. The summed E-state index contributed by atoms with van der Waals surface area (Å²) in [6.07, 6.45) is -4.39. The summed E-state index contributed by atoms with van der Waals surface area (Å²) in [6, 6.07) is 10.4. The molecule has 12 heteroatoms. The monoisotopic (exact) mass is 463 g/mol. The van der Waals surface area contributed by atoms with Crippen LogP contribution in [0.2, 0.25) is 0 Å². The molecule has 0 aliphatic heterocycles. The van der Waals surface area contributed by atoms with Crippen LogP contribution < -0.4 is 0 Å². The fourth-order valence-electron chi connectivity index (χ4n) is 2.91. The average molecular weight is 463 g/mol. The van der Waals surface area contributed by atoms with Gasteiger partial charge in [0.1, 0.15) is 0 Å². The molecule has 3 rings (SSSR count). The van der Waals surface area contributed by atoms with Crippen molar-refractivity contribution in [1.82, 2.24) is 14.5 Å². The SMILES string of the molecule is CN(CCC#N)C(=O)CSc1nc2cc([N+](=O)[O-])ccc2n1-c1cccc(C(F)(F)F)c1. The van der Waals surface area contributed by atoms with Crippen molar-refractivity contribution in [2.24, 2.45) is 0 Å². The van der Waals surface area contributed by atoms with Crippen molar-refractivity contribution in [2.75, 3.05) is 19.3 Å². The molecule has 1 amide bonds. The van der Waals surface area contributed by atoms with Crippen LogP contribution in [-0.4, -0.2) is 44.6 Å². The number of nitro benzene ring substituents is 1. The molecule has 0 saturated carbocycles. The van der Waals surface area contributed by atoms with Crippen molar-refractivity contribution in [1.29, 1.82) is 5.26 Å². The first-order valence-electron chi connectivity index (χ1n) is 9.20. The Bertz CT molecular complexity index is 1220. The number of rotatable bonds is 7. The Morgan fingerprint density at radius 3 is 2.72 bits per heavy atom. The molecule has 0 N–H and O–H groups in total. The van der Waals surface area contributed by atoms with E-state index in [1.54, 1.807) is 7.05 Å². The van der Waals surface area contributed by atoms with Gasteiger partial charge in [0.05, 0.1) is 39.8 Å². The van der Waals surface area contributed by atoms with E-state index in [1.165, 1.54) is 39.8 Å². The van der Waals surface area contributed by atoms with Crippen LogP contribution in [-0.2, 0) is 11.0 Å². The lowest BCUT2D eigenvalue weighted by molar-refractivity contribution is -0.384. The second-order valence-corrected chi connectivity index (χ2v) is 7.66. The molecule has 0 atom stereocenters. The molecule has 0 aliphatic carbocycles. The number of amides is 1. The van der Waals surface area contributed by atoms with Gasteiger partial charge in [-0.25, -0.2) is 4.98 Å². The molecule has 0 fully saturated rings. The van der Waals surface area contributed by atoms with Gasteiger partial charge in [-0.05, 0) is 24.3 Å². The van der Waals surface area contributed by atoms with Gasteiger partial charge in [-0.1, -0.05) is 17.8 Å². The second-order valence-electron chi connectivity index (χ2n) is 6.72. The molecule has 1 heterocycles. The van der Waals surface area contributed by atoms with E-state index in [0.29, 0.717) is 5.52 Å². The fraction of sp³-hybridized carbons (Fsp3) is 0.250. The maximum Gasteiger partial charge on any atom is 0.416 e. The van der Waals surface area contributed by atoms with E-state index in [-0.39, 0.29) is 46.7 Å². The summed E-state index contributed by atoms with van der Waals surface area (Å²) < 4.78 is 41.1. The van der Waals surface area contributed by atoms with Gasteiger partial charge in [-0.2, -0.15) is 18.4 Å². The van der Waals surface area contributed by atoms with Crippen molar-refractivity contribution < 1.29 is 22.9 Å². The number of carbonyl (C=O) groups is 1. The number of benzene rings is 2. The van der Waals surface area contributed by atoms with Crippen LogP contribution in [0.25, 0.3) is 16.7 Å². The Balaban J connectivity index is 2.04. The molecule has 2 aromatic carbocycles. The molecule has 1 aromatic heterocycles. The molecule has 0 bridgehead atoms. The Labute approximate surface area is 184 Å². The first kappa shape index (κ1) is 23.1. The molecule has 3 aromatic rings. The van der Waals surface area contributed by atoms with Crippen LogP contribution in [0.1, 0.15) is 12.0 Å². The highest BCUT2D eigenvalue weighted by Gasteiger charge is 2.31. The normalized spacial score (nSPS) is 11.3. The second kappa shape index (κ2) is 9.27. The predicted molar refractivity (Wildman–Crippen MR) is 111 cm³/mol. The Morgan fingerprint density at radius 2 is 2.06 bits per heavy atom. The lowest BCUT2D eigenvalue weighted by Gasteiger charge is -2.15. The number of non-ortho nitro benzene ring substituents is 1. The highest BCUT2D eigenvalue weighted by molar-refractivity contribution is 7.99. The third-order valence-electron chi connectivity index (χ3n) is 4.56. The highest BCUT2D eigenvalue weighted by Crippen LogP contribution is 2.34. The summed E-state index contributed by atoms with van der Waals surface area (Å²) in [7, 11) is 1.54. The van der Waals surface area contributed by atoms with Gasteiger partial charge in [-0.3, -0.25) is 19.5 Å². The zero-order valence-electron chi connectivity index (χ0n) is 16.7. The van der Waals surface area contributed by atoms with Crippen molar-refractivity contribution in [2.45, 2.75) is 17.8 Å². The molecule has 0 unspecified atom stereocenters. The first-order valence-corrected chi connectivity index (χ1v) is 10.2. The molecule has 166 valence electrons. The Morgan fingerprint density at radius 1 is 1.31 bits per heavy atom. The highest BCUT2D eigenvalue weighted by atomic mass is 32.2. The minimum absolute atomic E-state index is 0.0771. The maximum absolute atomic E-state index is 13.2. The number of thioether (sulfide) groups is 1. The van der Waals surface area contributed by atoms with E-state index in [4.69, 9.17) is 5.26 Å². The van der Waals surface area contributed by atoms with Gasteiger partial charge in [0.2, 0.25) is 5.91 Å². The van der Waals surface area contributed by atoms with E-state index in [1.807, 2.05) is 6.07 Å². The minimum Gasteiger partial charge on any atom is -0.344 e. The Kier molecular flexibility index (Phi) is 6.69. The number of hydrogen-bond donors (Lipinski definition) is 0. The number of nitrogens with zero attached hydrogens (tertiary/aromatic N) is 5. The van der Waals surface area contributed by atoms with Crippen LogP contribution in [0.4, 0.5) is 18.9 Å². The summed E-state index contributed by atoms with van der Waals surface area (Å²) in [5, 5.41) is 20.0. The zero-order chi connectivity index (χ0) is 23.5. The first-order chi connectivity index (χ1) is 15.1. The summed E-state index contributed by atoms with van der Waals surface area (Å²) in [5.74, 6) is -0.370. The Hall–Kier alpha value is -3.59. The quantitative estimate of drug-likeness (QED) is 0.292. The molecule has 0 radical (unpaired) electrons.